The van der Waals surface area contributed by atoms with Gasteiger partial charge in [0.2, 0.25) is 0 Å². The number of rotatable bonds is 4. The predicted molar refractivity (Wildman–Crippen MR) is 80.2 cm³/mol. The van der Waals surface area contributed by atoms with Crippen LogP contribution in [0.2, 0.25) is 0 Å². The molecule has 0 saturated carbocycles. The topological polar surface area (TPSA) is 30.5 Å². The van der Waals surface area contributed by atoms with Gasteiger partial charge in [-0.05, 0) is 24.1 Å². The summed E-state index contributed by atoms with van der Waals surface area (Å²) >= 11 is 0. The maximum atomic E-state index is 5.96. The van der Waals surface area contributed by atoms with E-state index in [9.17, 15) is 0 Å². The molecule has 0 bridgehead atoms. The molecule has 0 spiro atoms. The van der Waals surface area contributed by atoms with Gasteiger partial charge in [0, 0.05) is 0 Å². The number of hydrogen-bond donors (Lipinski definition) is 1. The number of aryl methyl sites for hydroxylation is 1. The van der Waals surface area contributed by atoms with E-state index < -0.39 is 0 Å². The second kappa shape index (κ2) is 5.97. The lowest BCUT2D eigenvalue weighted by Gasteiger charge is -2.28. The van der Waals surface area contributed by atoms with Gasteiger partial charge in [0.1, 0.15) is 11.9 Å². The summed E-state index contributed by atoms with van der Waals surface area (Å²) in [6.45, 7) is 4.09. The van der Waals surface area contributed by atoms with Gasteiger partial charge < -0.3 is 14.8 Å². The Morgan fingerprint density at radius 3 is 2.85 bits per heavy atom. The first-order chi connectivity index (χ1) is 9.83. The Kier molecular flexibility index (Phi) is 3.88. The minimum Gasteiger partial charge on any atom is -0.484 e. The minimum atomic E-state index is 0.0630. The van der Waals surface area contributed by atoms with Crippen LogP contribution in [0.3, 0.4) is 0 Å². The first kappa shape index (κ1) is 13.0. The van der Waals surface area contributed by atoms with Crippen LogP contribution in [0.4, 0.5) is 5.69 Å². The van der Waals surface area contributed by atoms with Crippen molar-refractivity contribution in [3.8, 4) is 5.75 Å². The molecule has 1 unspecified atom stereocenters. The Morgan fingerprint density at radius 2 is 2.00 bits per heavy atom. The predicted octanol–water partition coefficient (Wildman–Crippen LogP) is 3.38. The molecule has 1 aliphatic heterocycles. The van der Waals surface area contributed by atoms with E-state index >= 15 is 0 Å². The van der Waals surface area contributed by atoms with E-state index in [1.54, 1.807) is 0 Å². The van der Waals surface area contributed by atoms with Crippen molar-refractivity contribution in [2.45, 2.75) is 19.6 Å². The number of hydrogen-bond acceptors (Lipinski definition) is 3. The normalized spacial score (nSPS) is 16.9. The molecule has 1 N–H and O–H groups in total. The Morgan fingerprint density at radius 1 is 1.15 bits per heavy atom. The van der Waals surface area contributed by atoms with E-state index in [1.165, 1.54) is 11.1 Å². The number of fused-ring (bicyclic) bond motifs is 1. The zero-order chi connectivity index (χ0) is 13.8. The molecule has 1 atom stereocenters. The summed E-state index contributed by atoms with van der Waals surface area (Å²) in [6, 6.07) is 16.3. The van der Waals surface area contributed by atoms with Crippen molar-refractivity contribution in [1.29, 1.82) is 0 Å². The van der Waals surface area contributed by atoms with Crippen LogP contribution in [0.5, 0.6) is 5.75 Å². The molecule has 2 aromatic rings. The van der Waals surface area contributed by atoms with Gasteiger partial charge in [-0.2, -0.15) is 0 Å². The van der Waals surface area contributed by atoms with Crippen LogP contribution in [0, 0.1) is 6.92 Å². The van der Waals surface area contributed by atoms with Gasteiger partial charge in [-0.15, -0.1) is 0 Å². The second-order valence-electron chi connectivity index (χ2n) is 5.07. The van der Waals surface area contributed by atoms with E-state index in [2.05, 4.69) is 30.4 Å². The summed E-state index contributed by atoms with van der Waals surface area (Å²) in [6.07, 6.45) is 0.0630. The first-order valence-electron chi connectivity index (χ1n) is 6.95. The Balaban J connectivity index is 1.53. The van der Waals surface area contributed by atoms with Crippen LogP contribution in [-0.4, -0.2) is 19.3 Å². The fourth-order valence-corrected chi connectivity index (χ4v) is 2.38. The molecule has 0 aliphatic carbocycles. The average molecular weight is 269 g/mol. The van der Waals surface area contributed by atoms with Crippen LogP contribution in [-0.2, 0) is 11.3 Å². The Labute approximate surface area is 119 Å². The van der Waals surface area contributed by atoms with Gasteiger partial charge in [0.05, 0.1) is 25.4 Å². The summed E-state index contributed by atoms with van der Waals surface area (Å²) in [5.74, 6) is 0.921. The third-order valence-corrected chi connectivity index (χ3v) is 3.45. The van der Waals surface area contributed by atoms with Crippen molar-refractivity contribution in [3.63, 3.8) is 0 Å². The fraction of sp³-hybridized carbons (Fsp3) is 0.294. The van der Waals surface area contributed by atoms with E-state index in [-0.39, 0.29) is 6.10 Å². The molecular weight excluding hydrogens is 250 g/mol. The van der Waals surface area contributed by atoms with E-state index in [0.717, 1.165) is 18.0 Å². The molecule has 0 aromatic heterocycles. The number of nitrogens with one attached hydrogen (secondary N) is 1. The third kappa shape index (κ3) is 2.94. The standard InChI is InChI=1S/C17H19NO2/c1-13-6-5-9-16-17(13)18-10-15(20-16)12-19-11-14-7-3-2-4-8-14/h2-9,15,18H,10-12H2,1H3. The molecule has 3 rings (SSSR count). The molecular formula is C17H19NO2. The van der Waals surface area contributed by atoms with Crippen molar-refractivity contribution in [2.75, 3.05) is 18.5 Å². The summed E-state index contributed by atoms with van der Waals surface area (Å²) in [5, 5.41) is 3.42. The van der Waals surface area contributed by atoms with E-state index in [1.807, 2.05) is 30.3 Å². The first-order valence-corrected chi connectivity index (χ1v) is 6.95. The van der Waals surface area contributed by atoms with Gasteiger partial charge >= 0.3 is 0 Å². The van der Waals surface area contributed by atoms with Gasteiger partial charge in [-0.3, -0.25) is 0 Å². The van der Waals surface area contributed by atoms with Crippen molar-refractivity contribution in [2.24, 2.45) is 0 Å². The largest absolute Gasteiger partial charge is 0.484 e. The molecule has 0 amide bonds. The van der Waals surface area contributed by atoms with Crippen molar-refractivity contribution in [3.05, 3.63) is 59.7 Å². The number of para-hydroxylation sites is 1. The van der Waals surface area contributed by atoms with E-state index in [0.29, 0.717) is 13.2 Å². The lowest BCUT2D eigenvalue weighted by molar-refractivity contribution is 0.0441. The Bertz CT molecular complexity index is 568. The maximum Gasteiger partial charge on any atom is 0.143 e. The van der Waals surface area contributed by atoms with Gasteiger partial charge in [-0.1, -0.05) is 42.5 Å². The van der Waals surface area contributed by atoms with Crippen molar-refractivity contribution in [1.82, 2.24) is 0 Å². The van der Waals surface area contributed by atoms with E-state index in [4.69, 9.17) is 9.47 Å². The van der Waals surface area contributed by atoms with Crippen molar-refractivity contribution >= 4 is 5.69 Å². The lowest BCUT2D eigenvalue weighted by atomic mass is 10.1. The van der Waals surface area contributed by atoms with Crippen LogP contribution >= 0.6 is 0 Å². The summed E-state index contributed by atoms with van der Waals surface area (Å²) in [5.41, 5.74) is 3.51. The highest BCUT2D eigenvalue weighted by Gasteiger charge is 2.20. The quantitative estimate of drug-likeness (QED) is 0.923. The highest BCUT2D eigenvalue weighted by atomic mass is 16.5. The Hall–Kier alpha value is -2.00. The molecule has 1 aliphatic rings. The zero-order valence-corrected chi connectivity index (χ0v) is 11.6. The molecule has 0 fully saturated rings. The number of anilines is 1. The SMILES string of the molecule is Cc1cccc2c1NCC(COCc1ccccc1)O2. The summed E-state index contributed by atoms with van der Waals surface area (Å²) < 4.78 is 11.7. The van der Waals surface area contributed by atoms with Crippen LogP contribution in [0.1, 0.15) is 11.1 Å². The van der Waals surface area contributed by atoms with Gasteiger partial charge in [0.15, 0.2) is 0 Å². The fourth-order valence-electron chi connectivity index (χ4n) is 2.38. The molecule has 2 aromatic carbocycles. The summed E-state index contributed by atoms with van der Waals surface area (Å²) in [7, 11) is 0. The van der Waals surface area contributed by atoms with Crippen LogP contribution in [0.25, 0.3) is 0 Å². The molecule has 3 heteroatoms. The maximum absolute atomic E-state index is 5.96. The summed E-state index contributed by atoms with van der Waals surface area (Å²) in [4.78, 5) is 0. The van der Waals surface area contributed by atoms with Gasteiger partial charge in [-0.25, -0.2) is 0 Å². The highest BCUT2D eigenvalue weighted by Crippen LogP contribution is 2.31. The molecule has 3 nitrogen and oxygen atoms in total. The molecule has 1 heterocycles. The lowest BCUT2D eigenvalue weighted by Crippen LogP contribution is -2.35. The zero-order valence-electron chi connectivity index (χ0n) is 11.6. The number of ether oxygens (including phenoxy) is 2. The highest BCUT2D eigenvalue weighted by molar-refractivity contribution is 5.62. The minimum absolute atomic E-state index is 0.0630. The van der Waals surface area contributed by atoms with Crippen LogP contribution in [0.15, 0.2) is 48.5 Å². The average Bonchev–Trinajstić information content (AvgIpc) is 2.48. The van der Waals surface area contributed by atoms with Crippen molar-refractivity contribution < 1.29 is 9.47 Å². The monoisotopic (exact) mass is 269 g/mol. The second-order valence-corrected chi connectivity index (χ2v) is 5.07. The van der Waals surface area contributed by atoms with Gasteiger partial charge in [0.25, 0.3) is 0 Å². The molecule has 0 saturated heterocycles. The third-order valence-electron chi connectivity index (χ3n) is 3.45. The number of benzene rings is 2. The smallest absolute Gasteiger partial charge is 0.143 e. The molecule has 0 radical (unpaired) electrons. The van der Waals surface area contributed by atoms with Crippen LogP contribution < -0.4 is 10.1 Å². The molecule has 104 valence electrons. The molecule has 20 heavy (non-hydrogen) atoms.